The van der Waals surface area contributed by atoms with Crippen molar-refractivity contribution in [3.63, 3.8) is 0 Å². The van der Waals surface area contributed by atoms with E-state index in [-0.39, 0.29) is 11.9 Å². The number of likely N-dealkylation sites (tertiary alicyclic amines) is 1. The summed E-state index contributed by atoms with van der Waals surface area (Å²) < 4.78 is 7.63. The van der Waals surface area contributed by atoms with Crippen LogP contribution in [0.25, 0.3) is 5.69 Å². The first-order chi connectivity index (χ1) is 12.0. The van der Waals surface area contributed by atoms with E-state index in [2.05, 4.69) is 47.6 Å². The summed E-state index contributed by atoms with van der Waals surface area (Å²) in [7, 11) is 1.76. The van der Waals surface area contributed by atoms with Crippen LogP contribution in [0.1, 0.15) is 40.2 Å². The Morgan fingerprint density at radius 1 is 1.20 bits per heavy atom. The Morgan fingerprint density at radius 2 is 1.92 bits per heavy atom. The summed E-state index contributed by atoms with van der Waals surface area (Å²) in [5.74, 6) is 0.197. The van der Waals surface area contributed by atoms with Crippen LogP contribution in [0.2, 0.25) is 0 Å². The minimum absolute atomic E-state index is 0.197. The Labute approximate surface area is 150 Å². The van der Waals surface area contributed by atoms with Crippen molar-refractivity contribution in [2.24, 2.45) is 0 Å². The van der Waals surface area contributed by atoms with Gasteiger partial charge in [-0.3, -0.25) is 9.69 Å². The number of methoxy groups -OCH3 is 1. The van der Waals surface area contributed by atoms with Gasteiger partial charge < -0.3 is 9.30 Å². The minimum atomic E-state index is 0.197. The van der Waals surface area contributed by atoms with Crippen LogP contribution in [0, 0.1) is 20.8 Å². The van der Waals surface area contributed by atoms with E-state index in [1.54, 1.807) is 7.11 Å². The number of rotatable bonds is 5. The number of hydrogen-bond acceptors (Lipinski definition) is 3. The van der Waals surface area contributed by atoms with Crippen LogP contribution in [0.15, 0.2) is 30.3 Å². The standard InChI is InChI=1S/C21H28N2O2/c1-15-7-9-18(10-8-15)23-16(2)12-20(17(23)3)21(24)14-22-11-5-6-19(13-22)25-4/h7-10,12,19H,5-6,11,13-14H2,1-4H3. The van der Waals surface area contributed by atoms with Crippen LogP contribution in [0.3, 0.4) is 0 Å². The van der Waals surface area contributed by atoms with Gasteiger partial charge >= 0.3 is 0 Å². The molecule has 0 amide bonds. The van der Waals surface area contributed by atoms with Crippen LogP contribution < -0.4 is 0 Å². The van der Waals surface area contributed by atoms with Gasteiger partial charge in [0, 0.05) is 36.3 Å². The van der Waals surface area contributed by atoms with Crippen molar-refractivity contribution in [3.8, 4) is 5.69 Å². The molecule has 25 heavy (non-hydrogen) atoms. The molecule has 1 saturated heterocycles. The minimum Gasteiger partial charge on any atom is -0.380 e. The lowest BCUT2D eigenvalue weighted by atomic mass is 10.1. The molecule has 1 unspecified atom stereocenters. The van der Waals surface area contributed by atoms with Crippen molar-refractivity contribution in [2.45, 2.75) is 39.7 Å². The van der Waals surface area contributed by atoms with Gasteiger partial charge in [0.25, 0.3) is 0 Å². The SMILES string of the molecule is COC1CCCN(CC(=O)c2cc(C)n(-c3ccc(C)cc3)c2C)C1. The number of carbonyl (C=O) groups excluding carboxylic acids is 1. The third-order valence-electron chi connectivity index (χ3n) is 5.19. The lowest BCUT2D eigenvalue weighted by Gasteiger charge is -2.31. The average Bonchev–Trinajstić information content (AvgIpc) is 2.90. The number of benzene rings is 1. The molecule has 0 N–H and O–H groups in total. The van der Waals surface area contributed by atoms with Gasteiger partial charge in [0.15, 0.2) is 5.78 Å². The van der Waals surface area contributed by atoms with Gasteiger partial charge in [-0.15, -0.1) is 0 Å². The fourth-order valence-corrected chi connectivity index (χ4v) is 3.77. The van der Waals surface area contributed by atoms with Crippen LogP contribution in [-0.2, 0) is 4.74 Å². The summed E-state index contributed by atoms with van der Waals surface area (Å²) in [6.45, 7) is 8.47. The number of carbonyl (C=O) groups is 1. The Balaban J connectivity index is 1.80. The number of ether oxygens (including phenoxy) is 1. The largest absolute Gasteiger partial charge is 0.380 e. The van der Waals surface area contributed by atoms with Crippen molar-refractivity contribution in [1.29, 1.82) is 0 Å². The summed E-state index contributed by atoms with van der Waals surface area (Å²) in [6.07, 6.45) is 2.43. The second-order valence-corrected chi connectivity index (χ2v) is 7.11. The third kappa shape index (κ3) is 3.86. The third-order valence-corrected chi connectivity index (χ3v) is 5.19. The van der Waals surface area contributed by atoms with Gasteiger partial charge in [0.1, 0.15) is 0 Å². The zero-order valence-electron chi connectivity index (χ0n) is 15.7. The van der Waals surface area contributed by atoms with Crippen LogP contribution in [0.4, 0.5) is 0 Å². The van der Waals surface area contributed by atoms with Crippen LogP contribution >= 0.6 is 0 Å². The number of nitrogens with zero attached hydrogens (tertiary/aromatic N) is 2. The fourth-order valence-electron chi connectivity index (χ4n) is 3.77. The summed E-state index contributed by atoms with van der Waals surface area (Å²) in [5, 5.41) is 0. The molecule has 3 rings (SSSR count). The second kappa shape index (κ2) is 7.54. The molecule has 2 aromatic rings. The monoisotopic (exact) mass is 340 g/mol. The normalized spacial score (nSPS) is 18.5. The molecular formula is C21H28N2O2. The molecule has 1 aromatic heterocycles. The highest BCUT2D eigenvalue weighted by molar-refractivity contribution is 5.99. The predicted molar refractivity (Wildman–Crippen MR) is 101 cm³/mol. The van der Waals surface area contributed by atoms with Crippen molar-refractivity contribution in [3.05, 3.63) is 52.8 Å². The molecule has 0 radical (unpaired) electrons. The molecule has 0 aliphatic carbocycles. The molecule has 4 heteroatoms. The number of ketones is 1. The molecule has 0 saturated carbocycles. The molecule has 1 aliphatic heterocycles. The highest BCUT2D eigenvalue weighted by Gasteiger charge is 2.23. The van der Waals surface area contributed by atoms with Gasteiger partial charge in [0.2, 0.25) is 0 Å². The summed E-state index contributed by atoms with van der Waals surface area (Å²) in [4.78, 5) is 15.1. The van der Waals surface area contributed by atoms with E-state index in [4.69, 9.17) is 4.74 Å². The van der Waals surface area contributed by atoms with E-state index in [9.17, 15) is 4.79 Å². The first kappa shape index (κ1) is 17.9. The Kier molecular flexibility index (Phi) is 5.40. The van der Waals surface area contributed by atoms with E-state index in [1.807, 2.05) is 13.0 Å². The Morgan fingerprint density at radius 3 is 2.60 bits per heavy atom. The average molecular weight is 340 g/mol. The molecule has 2 heterocycles. The summed E-state index contributed by atoms with van der Waals surface area (Å²) in [5.41, 5.74) is 5.29. The number of aromatic nitrogens is 1. The molecular weight excluding hydrogens is 312 g/mol. The second-order valence-electron chi connectivity index (χ2n) is 7.11. The fraction of sp³-hybridized carbons (Fsp3) is 0.476. The van der Waals surface area contributed by atoms with E-state index < -0.39 is 0 Å². The zero-order valence-corrected chi connectivity index (χ0v) is 15.7. The highest BCUT2D eigenvalue weighted by atomic mass is 16.5. The molecule has 1 fully saturated rings. The van der Waals surface area contributed by atoms with Gasteiger partial charge in [-0.2, -0.15) is 0 Å². The maximum Gasteiger partial charge on any atom is 0.178 e. The van der Waals surface area contributed by atoms with Gasteiger partial charge in [-0.25, -0.2) is 0 Å². The zero-order chi connectivity index (χ0) is 18.0. The topological polar surface area (TPSA) is 34.5 Å². The molecule has 134 valence electrons. The van der Waals surface area contributed by atoms with Crippen molar-refractivity contribution in [1.82, 2.24) is 9.47 Å². The molecule has 1 aliphatic rings. The first-order valence-electron chi connectivity index (χ1n) is 9.04. The van der Waals surface area contributed by atoms with E-state index in [0.29, 0.717) is 6.54 Å². The van der Waals surface area contributed by atoms with Crippen molar-refractivity contribution >= 4 is 5.78 Å². The molecule has 0 spiro atoms. The number of aryl methyl sites for hydroxylation is 2. The number of Topliss-reactive ketones (excluding diaryl/α,β-unsaturated/α-hetero) is 1. The van der Waals surface area contributed by atoms with Crippen LogP contribution in [0.5, 0.6) is 0 Å². The number of piperidine rings is 1. The summed E-state index contributed by atoms with van der Waals surface area (Å²) >= 11 is 0. The number of hydrogen-bond donors (Lipinski definition) is 0. The van der Waals surface area contributed by atoms with E-state index in [0.717, 1.165) is 48.6 Å². The Hall–Kier alpha value is -1.91. The molecule has 1 aromatic carbocycles. The van der Waals surface area contributed by atoms with Crippen molar-refractivity contribution < 1.29 is 9.53 Å². The quantitative estimate of drug-likeness (QED) is 0.779. The van der Waals surface area contributed by atoms with Gasteiger partial charge in [-0.1, -0.05) is 17.7 Å². The van der Waals surface area contributed by atoms with E-state index >= 15 is 0 Å². The van der Waals surface area contributed by atoms with Crippen molar-refractivity contribution in [2.75, 3.05) is 26.7 Å². The molecule has 0 bridgehead atoms. The highest BCUT2D eigenvalue weighted by Crippen LogP contribution is 2.22. The maximum absolute atomic E-state index is 12.9. The lowest BCUT2D eigenvalue weighted by Crippen LogP contribution is -2.41. The van der Waals surface area contributed by atoms with Gasteiger partial charge in [-0.05, 0) is 58.4 Å². The predicted octanol–water partition coefficient (Wildman–Crippen LogP) is 3.70. The van der Waals surface area contributed by atoms with Crippen LogP contribution in [-0.4, -0.2) is 48.1 Å². The summed E-state index contributed by atoms with van der Waals surface area (Å²) in [6, 6.07) is 10.5. The lowest BCUT2D eigenvalue weighted by molar-refractivity contribution is 0.0314. The molecule has 1 atom stereocenters. The smallest absolute Gasteiger partial charge is 0.178 e. The molecule has 4 nitrogen and oxygen atoms in total. The maximum atomic E-state index is 12.9. The first-order valence-corrected chi connectivity index (χ1v) is 9.04. The van der Waals surface area contributed by atoms with Gasteiger partial charge in [0.05, 0.1) is 12.6 Å². The Bertz CT molecular complexity index is 746. The van der Waals surface area contributed by atoms with E-state index in [1.165, 1.54) is 5.56 Å².